The quantitative estimate of drug-likeness (QED) is 0.701. The van der Waals surface area contributed by atoms with Crippen molar-refractivity contribution in [2.45, 2.75) is 38.7 Å². The first-order valence-corrected chi connectivity index (χ1v) is 6.88. The first-order chi connectivity index (χ1) is 8.49. The first kappa shape index (κ1) is 15.4. The molecule has 0 atom stereocenters. The van der Waals surface area contributed by atoms with Crippen LogP contribution in [0.25, 0.3) is 0 Å². The van der Waals surface area contributed by atoms with Gasteiger partial charge in [-0.15, -0.1) is 0 Å². The number of hydrogen-bond donors (Lipinski definition) is 2. The van der Waals surface area contributed by atoms with Crippen molar-refractivity contribution < 1.29 is 15.0 Å². The Morgan fingerprint density at radius 2 is 1.61 bits per heavy atom. The van der Waals surface area contributed by atoms with Gasteiger partial charge in [-0.05, 0) is 12.8 Å². The Hall–Kier alpha value is -0.650. The predicted octanol–water partition coefficient (Wildman–Crippen LogP) is 0.630. The molecule has 18 heavy (non-hydrogen) atoms. The zero-order valence-corrected chi connectivity index (χ0v) is 11.6. The molecule has 0 unspecified atom stereocenters. The van der Waals surface area contributed by atoms with Crippen LogP contribution in [0.4, 0.5) is 0 Å². The van der Waals surface area contributed by atoms with Crippen LogP contribution < -0.4 is 0 Å². The van der Waals surface area contributed by atoms with Gasteiger partial charge in [-0.3, -0.25) is 9.69 Å². The fraction of sp³-hybridized carbons (Fsp3) is 0.923. The molecule has 1 aliphatic rings. The molecule has 2 N–H and O–H groups in total. The van der Waals surface area contributed by atoms with E-state index < -0.39 is 11.6 Å². The number of β-amino-alcohol motifs (C(OH)–C–C–N with tert-alkyl or cyclic N) is 1. The van der Waals surface area contributed by atoms with E-state index in [4.69, 9.17) is 5.11 Å². The minimum atomic E-state index is -0.733. The fourth-order valence-electron chi connectivity index (χ4n) is 2.31. The summed E-state index contributed by atoms with van der Waals surface area (Å²) in [5.41, 5.74) is -0.566. The Balaban J connectivity index is 2.28. The number of carboxylic acid groups (broad SMARTS) is 1. The van der Waals surface area contributed by atoms with Crippen LogP contribution in [0.15, 0.2) is 0 Å². The highest BCUT2D eigenvalue weighted by atomic mass is 16.4. The average molecular weight is 258 g/mol. The smallest absolute Gasteiger partial charge is 0.304 e. The van der Waals surface area contributed by atoms with Gasteiger partial charge in [0.1, 0.15) is 0 Å². The van der Waals surface area contributed by atoms with Crippen LogP contribution in [0.1, 0.15) is 33.1 Å². The molecular formula is C13H26N2O3. The third kappa shape index (κ3) is 4.92. The van der Waals surface area contributed by atoms with E-state index in [2.05, 4.69) is 9.80 Å². The van der Waals surface area contributed by atoms with Crippen molar-refractivity contribution in [1.29, 1.82) is 0 Å². The second kappa shape index (κ2) is 7.07. The molecule has 0 aliphatic carbocycles. The van der Waals surface area contributed by atoms with Crippen molar-refractivity contribution in [3.8, 4) is 0 Å². The number of aliphatic hydroxyl groups is 1. The molecule has 1 fully saturated rings. The van der Waals surface area contributed by atoms with Gasteiger partial charge in [0.05, 0.1) is 12.0 Å². The molecular weight excluding hydrogens is 232 g/mol. The van der Waals surface area contributed by atoms with E-state index in [0.717, 1.165) is 45.6 Å². The third-order valence-corrected chi connectivity index (χ3v) is 3.94. The molecule has 0 spiro atoms. The second-order valence-corrected chi connectivity index (χ2v) is 5.19. The summed E-state index contributed by atoms with van der Waals surface area (Å²) in [6, 6.07) is 0. The van der Waals surface area contributed by atoms with Crippen molar-refractivity contribution in [2.75, 3.05) is 39.3 Å². The molecule has 1 aliphatic heterocycles. The van der Waals surface area contributed by atoms with Gasteiger partial charge in [-0.25, -0.2) is 0 Å². The average Bonchev–Trinajstić information content (AvgIpc) is 2.37. The number of piperazine rings is 1. The van der Waals surface area contributed by atoms with Gasteiger partial charge in [-0.1, -0.05) is 13.8 Å². The highest BCUT2D eigenvalue weighted by molar-refractivity contribution is 5.66. The van der Waals surface area contributed by atoms with Gasteiger partial charge < -0.3 is 15.1 Å². The maximum Gasteiger partial charge on any atom is 0.304 e. The molecule has 1 heterocycles. The van der Waals surface area contributed by atoms with Crippen LogP contribution in [0, 0.1) is 0 Å². The summed E-state index contributed by atoms with van der Waals surface area (Å²) in [7, 11) is 0. The van der Waals surface area contributed by atoms with Gasteiger partial charge in [-0.2, -0.15) is 0 Å². The van der Waals surface area contributed by atoms with Crippen molar-refractivity contribution in [3.05, 3.63) is 0 Å². The Morgan fingerprint density at radius 1 is 1.11 bits per heavy atom. The molecule has 1 rings (SSSR count). The molecule has 0 aromatic rings. The van der Waals surface area contributed by atoms with Crippen molar-refractivity contribution in [3.63, 3.8) is 0 Å². The SMILES string of the molecule is CCC(O)(CC)CN1CCN(CCC(=O)O)CC1. The summed E-state index contributed by atoms with van der Waals surface area (Å²) in [5, 5.41) is 18.9. The summed E-state index contributed by atoms with van der Waals surface area (Å²) in [6.07, 6.45) is 1.78. The van der Waals surface area contributed by atoms with Crippen molar-refractivity contribution in [2.24, 2.45) is 0 Å². The summed E-state index contributed by atoms with van der Waals surface area (Å²) >= 11 is 0. The number of nitrogens with zero attached hydrogens (tertiary/aromatic N) is 2. The molecule has 0 saturated carbocycles. The van der Waals surface area contributed by atoms with Crippen LogP contribution in [0.5, 0.6) is 0 Å². The first-order valence-electron chi connectivity index (χ1n) is 6.88. The van der Waals surface area contributed by atoms with Crippen LogP contribution in [0.3, 0.4) is 0 Å². The number of hydrogen-bond acceptors (Lipinski definition) is 4. The van der Waals surface area contributed by atoms with Gasteiger partial charge in [0.2, 0.25) is 0 Å². The van der Waals surface area contributed by atoms with Crippen molar-refractivity contribution >= 4 is 5.97 Å². The van der Waals surface area contributed by atoms with Crippen LogP contribution in [-0.4, -0.2) is 70.9 Å². The minimum absolute atomic E-state index is 0.216. The lowest BCUT2D eigenvalue weighted by molar-refractivity contribution is -0.137. The highest BCUT2D eigenvalue weighted by Crippen LogP contribution is 2.17. The number of rotatable bonds is 7. The molecule has 0 aromatic heterocycles. The molecule has 0 bridgehead atoms. The van der Waals surface area contributed by atoms with Crippen LogP contribution in [0.2, 0.25) is 0 Å². The number of carbonyl (C=O) groups is 1. The topological polar surface area (TPSA) is 64.0 Å². The maximum absolute atomic E-state index is 10.5. The predicted molar refractivity (Wildman–Crippen MR) is 70.7 cm³/mol. The fourth-order valence-corrected chi connectivity index (χ4v) is 2.31. The van der Waals surface area contributed by atoms with E-state index in [9.17, 15) is 9.90 Å². The van der Waals surface area contributed by atoms with E-state index in [0.29, 0.717) is 6.54 Å². The van der Waals surface area contributed by atoms with Crippen LogP contribution in [-0.2, 0) is 4.79 Å². The Labute approximate surface area is 109 Å². The van der Waals surface area contributed by atoms with Gasteiger partial charge in [0, 0.05) is 39.3 Å². The van der Waals surface area contributed by atoms with Crippen molar-refractivity contribution in [1.82, 2.24) is 9.80 Å². The lowest BCUT2D eigenvalue weighted by Crippen LogP contribution is -2.51. The summed E-state index contributed by atoms with van der Waals surface area (Å²) in [6.45, 7) is 9.04. The summed E-state index contributed by atoms with van der Waals surface area (Å²) in [4.78, 5) is 15.0. The van der Waals surface area contributed by atoms with Gasteiger partial charge >= 0.3 is 5.97 Å². The molecule has 106 valence electrons. The van der Waals surface area contributed by atoms with E-state index >= 15 is 0 Å². The van der Waals surface area contributed by atoms with Gasteiger partial charge in [0.15, 0.2) is 0 Å². The van der Waals surface area contributed by atoms with E-state index in [1.807, 2.05) is 13.8 Å². The standard InChI is InChI=1S/C13H26N2O3/c1-3-13(18,4-2)11-15-9-7-14(8-10-15)6-5-12(16)17/h18H,3-11H2,1-2H3,(H,16,17). The number of aliphatic carboxylic acids is 1. The Morgan fingerprint density at radius 3 is 2.06 bits per heavy atom. The van der Waals surface area contributed by atoms with Gasteiger partial charge in [0.25, 0.3) is 0 Å². The Kier molecular flexibility index (Phi) is 6.05. The largest absolute Gasteiger partial charge is 0.481 e. The highest BCUT2D eigenvalue weighted by Gasteiger charge is 2.27. The zero-order chi connectivity index (χ0) is 13.6. The molecule has 0 amide bonds. The summed E-state index contributed by atoms with van der Waals surface area (Å²) in [5.74, 6) is -0.733. The normalized spacial score (nSPS) is 19.1. The lowest BCUT2D eigenvalue weighted by Gasteiger charge is -2.38. The third-order valence-electron chi connectivity index (χ3n) is 3.94. The monoisotopic (exact) mass is 258 g/mol. The lowest BCUT2D eigenvalue weighted by atomic mass is 9.96. The maximum atomic E-state index is 10.5. The van der Waals surface area contributed by atoms with Crippen LogP contribution >= 0.6 is 0 Å². The minimum Gasteiger partial charge on any atom is -0.481 e. The molecule has 5 heteroatoms. The molecule has 0 aromatic carbocycles. The van der Waals surface area contributed by atoms with E-state index in [1.54, 1.807) is 0 Å². The zero-order valence-electron chi connectivity index (χ0n) is 11.6. The van der Waals surface area contributed by atoms with E-state index in [-0.39, 0.29) is 6.42 Å². The number of carboxylic acids is 1. The molecule has 1 saturated heterocycles. The summed E-state index contributed by atoms with van der Waals surface area (Å²) < 4.78 is 0. The molecule has 0 radical (unpaired) electrons. The molecule has 5 nitrogen and oxygen atoms in total. The Bertz CT molecular complexity index is 259. The second-order valence-electron chi connectivity index (χ2n) is 5.19. The van der Waals surface area contributed by atoms with E-state index in [1.165, 1.54) is 0 Å².